The van der Waals surface area contributed by atoms with Crippen LogP contribution < -0.4 is 0 Å². The molecule has 20 heavy (non-hydrogen) atoms. The van der Waals surface area contributed by atoms with Gasteiger partial charge >= 0.3 is 0 Å². The molecule has 1 aromatic carbocycles. The fourth-order valence-electron chi connectivity index (χ4n) is 3.40. The van der Waals surface area contributed by atoms with Gasteiger partial charge in [0.2, 0.25) is 8.32 Å². The minimum absolute atomic E-state index is 0.287. The third-order valence-corrected chi connectivity index (χ3v) is 10.2. The van der Waals surface area contributed by atoms with E-state index >= 15 is 0 Å². The first-order valence-corrected chi connectivity index (χ1v) is 9.43. The van der Waals surface area contributed by atoms with Crippen LogP contribution in [-0.4, -0.2) is 8.32 Å². The fourth-order valence-corrected chi connectivity index (χ4v) is 8.82. The van der Waals surface area contributed by atoms with Crippen LogP contribution in [0.15, 0.2) is 18.2 Å². The molecule has 0 bridgehead atoms. The molecule has 0 radical (unpaired) electrons. The third-order valence-electron chi connectivity index (χ3n) is 4.12. The van der Waals surface area contributed by atoms with Gasteiger partial charge in [-0.15, -0.1) is 0 Å². The molecule has 0 N–H and O–H groups in total. The molecule has 4 heteroatoms. The smallest absolute Gasteiger partial charge is 0.200 e. The molecule has 0 atom stereocenters. The monoisotopic (exact) mass is 300 g/mol. The highest BCUT2D eigenvalue weighted by atomic mass is 28.4. The highest BCUT2D eigenvalue weighted by molar-refractivity contribution is 6.77. The van der Waals surface area contributed by atoms with Crippen LogP contribution in [0.4, 0.5) is 8.78 Å². The molecule has 1 rings (SSSR count). The van der Waals surface area contributed by atoms with Gasteiger partial charge in [-0.1, -0.05) is 41.5 Å². The maximum Gasteiger partial charge on any atom is 0.200 e. The Hall–Kier alpha value is -0.743. The Balaban J connectivity index is 2.97. The first kappa shape index (κ1) is 17.3. The molecule has 0 saturated heterocycles. The average Bonchev–Trinajstić information content (AvgIpc) is 2.26. The van der Waals surface area contributed by atoms with E-state index in [1.807, 2.05) is 0 Å². The SMILES string of the molecule is CC(C)[Si](OCc1cc(F)cc(F)c1)(C(C)C)C(C)C. The van der Waals surface area contributed by atoms with Gasteiger partial charge < -0.3 is 4.43 Å². The van der Waals surface area contributed by atoms with E-state index in [0.717, 1.165) is 6.07 Å². The number of hydrogen-bond donors (Lipinski definition) is 0. The molecule has 0 heterocycles. The van der Waals surface area contributed by atoms with Crippen LogP contribution in [0.2, 0.25) is 16.6 Å². The van der Waals surface area contributed by atoms with Crippen LogP contribution >= 0.6 is 0 Å². The number of benzene rings is 1. The number of rotatable bonds is 6. The van der Waals surface area contributed by atoms with Crippen molar-refractivity contribution in [1.29, 1.82) is 0 Å². The Labute approximate surface area is 122 Å². The second-order valence-electron chi connectivity index (χ2n) is 6.38. The van der Waals surface area contributed by atoms with Crippen molar-refractivity contribution in [2.45, 2.75) is 64.8 Å². The van der Waals surface area contributed by atoms with Crippen molar-refractivity contribution < 1.29 is 13.2 Å². The van der Waals surface area contributed by atoms with Crippen molar-refractivity contribution in [3.63, 3.8) is 0 Å². The summed E-state index contributed by atoms with van der Waals surface area (Å²) in [6.45, 7) is 13.4. The Kier molecular flexibility index (Phi) is 5.89. The van der Waals surface area contributed by atoms with Crippen molar-refractivity contribution in [2.24, 2.45) is 0 Å². The predicted octanol–water partition coefficient (Wildman–Crippen LogP) is 5.66. The van der Waals surface area contributed by atoms with Gasteiger partial charge in [0.05, 0.1) is 6.61 Å². The summed E-state index contributed by atoms with van der Waals surface area (Å²) in [5.41, 5.74) is 1.95. The Morgan fingerprint density at radius 2 is 1.25 bits per heavy atom. The van der Waals surface area contributed by atoms with E-state index in [-0.39, 0.29) is 6.61 Å². The van der Waals surface area contributed by atoms with Gasteiger partial charge in [0.25, 0.3) is 0 Å². The number of halogens is 2. The second-order valence-corrected chi connectivity index (χ2v) is 11.8. The van der Waals surface area contributed by atoms with E-state index < -0.39 is 20.0 Å². The molecular weight excluding hydrogens is 274 g/mol. The molecule has 0 aromatic heterocycles. The second kappa shape index (κ2) is 6.81. The minimum Gasteiger partial charge on any atom is -0.412 e. The van der Waals surface area contributed by atoms with Gasteiger partial charge in [-0.3, -0.25) is 0 Å². The van der Waals surface area contributed by atoms with Crippen LogP contribution in [0.1, 0.15) is 47.1 Å². The zero-order valence-electron chi connectivity index (χ0n) is 13.3. The summed E-state index contributed by atoms with van der Waals surface area (Å²) in [6, 6.07) is 3.59. The average molecular weight is 300 g/mol. The lowest BCUT2D eigenvalue weighted by molar-refractivity contribution is 0.265. The molecule has 0 aliphatic rings. The van der Waals surface area contributed by atoms with Crippen molar-refractivity contribution in [3.8, 4) is 0 Å². The Bertz CT molecular complexity index is 402. The van der Waals surface area contributed by atoms with Gasteiger partial charge in [0.1, 0.15) is 11.6 Å². The summed E-state index contributed by atoms with van der Waals surface area (Å²) < 4.78 is 32.8. The topological polar surface area (TPSA) is 9.23 Å². The largest absolute Gasteiger partial charge is 0.412 e. The zero-order valence-corrected chi connectivity index (χ0v) is 14.3. The molecule has 1 nitrogen and oxygen atoms in total. The Morgan fingerprint density at radius 1 is 0.850 bits per heavy atom. The van der Waals surface area contributed by atoms with Gasteiger partial charge in [0.15, 0.2) is 0 Å². The molecule has 0 spiro atoms. The standard InChI is InChI=1S/C16H26F2OSi/c1-11(2)20(12(3)4,13(5)6)19-10-14-7-15(17)9-16(18)8-14/h7-9,11-13H,10H2,1-6H3. The lowest BCUT2D eigenvalue weighted by Gasteiger charge is -2.42. The molecule has 0 saturated carbocycles. The van der Waals surface area contributed by atoms with Crippen LogP contribution in [0.3, 0.4) is 0 Å². The van der Waals surface area contributed by atoms with Crippen LogP contribution in [0.5, 0.6) is 0 Å². The first-order chi connectivity index (χ1) is 9.20. The van der Waals surface area contributed by atoms with E-state index in [1.165, 1.54) is 12.1 Å². The maximum atomic E-state index is 13.2. The van der Waals surface area contributed by atoms with Crippen molar-refractivity contribution in [1.82, 2.24) is 0 Å². The lowest BCUT2D eigenvalue weighted by Crippen LogP contribution is -2.47. The van der Waals surface area contributed by atoms with Crippen LogP contribution in [0, 0.1) is 11.6 Å². The normalized spacial score (nSPS) is 12.8. The lowest BCUT2D eigenvalue weighted by atomic mass is 10.2. The molecule has 0 aliphatic carbocycles. The quantitative estimate of drug-likeness (QED) is 0.616. The van der Waals surface area contributed by atoms with E-state index in [0.29, 0.717) is 22.2 Å². The fraction of sp³-hybridized carbons (Fsp3) is 0.625. The summed E-state index contributed by atoms with van der Waals surface area (Å²) in [6.07, 6.45) is 0. The molecule has 0 amide bonds. The van der Waals surface area contributed by atoms with Crippen molar-refractivity contribution >= 4 is 8.32 Å². The highest BCUT2D eigenvalue weighted by Gasteiger charge is 2.44. The van der Waals surface area contributed by atoms with E-state index in [1.54, 1.807) is 0 Å². The van der Waals surface area contributed by atoms with Gasteiger partial charge in [0, 0.05) is 6.07 Å². The highest BCUT2D eigenvalue weighted by Crippen LogP contribution is 2.42. The van der Waals surface area contributed by atoms with E-state index in [2.05, 4.69) is 41.5 Å². The molecule has 0 aliphatic heterocycles. The summed E-state index contributed by atoms with van der Waals surface area (Å²) in [5.74, 6) is -1.09. The van der Waals surface area contributed by atoms with Gasteiger partial charge in [-0.2, -0.15) is 0 Å². The summed E-state index contributed by atoms with van der Waals surface area (Å²) in [5, 5.41) is 0. The van der Waals surface area contributed by atoms with E-state index in [4.69, 9.17) is 4.43 Å². The Morgan fingerprint density at radius 3 is 1.60 bits per heavy atom. The van der Waals surface area contributed by atoms with Gasteiger partial charge in [-0.25, -0.2) is 8.78 Å². The van der Waals surface area contributed by atoms with Crippen molar-refractivity contribution in [2.75, 3.05) is 0 Å². The summed E-state index contributed by atoms with van der Waals surface area (Å²) in [4.78, 5) is 0. The van der Waals surface area contributed by atoms with Crippen LogP contribution in [-0.2, 0) is 11.0 Å². The minimum atomic E-state index is -1.99. The zero-order chi connectivity index (χ0) is 15.5. The molecule has 0 unspecified atom stereocenters. The third kappa shape index (κ3) is 3.67. The maximum absolute atomic E-state index is 13.2. The summed E-state index contributed by atoms with van der Waals surface area (Å²) in [7, 11) is -1.99. The first-order valence-electron chi connectivity index (χ1n) is 7.29. The predicted molar refractivity (Wildman–Crippen MR) is 82.2 cm³/mol. The van der Waals surface area contributed by atoms with Crippen LogP contribution in [0.25, 0.3) is 0 Å². The number of hydrogen-bond acceptors (Lipinski definition) is 1. The molecule has 114 valence electrons. The van der Waals surface area contributed by atoms with E-state index in [9.17, 15) is 8.78 Å². The summed E-state index contributed by atoms with van der Waals surface area (Å²) >= 11 is 0. The molecule has 1 aromatic rings. The van der Waals surface area contributed by atoms with Crippen molar-refractivity contribution in [3.05, 3.63) is 35.4 Å². The molecular formula is C16H26F2OSi. The van der Waals surface area contributed by atoms with Gasteiger partial charge in [-0.05, 0) is 34.3 Å². The molecule has 0 fully saturated rings.